The van der Waals surface area contributed by atoms with E-state index in [1.807, 2.05) is 0 Å². The molecule has 13 aromatic carbocycles. The van der Waals surface area contributed by atoms with Crippen LogP contribution in [0.4, 0.5) is 17.1 Å². The van der Waals surface area contributed by atoms with E-state index in [1.165, 1.54) is 59.8 Å². The quantitative estimate of drug-likeness (QED) is 0.159. The monoisotopic (exact) mass is 929 g/mol. The molecule has 0 N–H and O–H groups in total. The minimum atomic E-state index is 0.885. The molecule has 0 bridgehead atoms. The highest BCUT2D eigenvalue weighted by atomic mass is 16.3. The van der Waals surface area contributed by atoms with Crippen molar-refractivity contribution in [1.29, 1.82) is 0 Å². The third-order valence-electron chi connectivity index (χ3n) is 15.0. The predicted molar refractivity (Wildman–Crippen MR) is 307 cm³/mol. The Labute approximate surface area is 421 Å². The van der Waals surface area contributed by atoms with Gasteiger partial charge in [0.1, 0.15) is 22.3 Å². The Balaban J connectivity index is 0.918. The normalized spacial score (nSPS) is 11.8. The van der Waals surface area contributed by atoms with E-state index in [-0.39, 0.29) is 0 Å². The van der Waals surface area contributed by atoms with E-state index in [2.05, 4.69) is 266 Å². The van der Waals surface area contributed by atoms with Crippen molar-refractivity contribution in [3.63, 3.8) is 0 Å². The molecule has 0 saturated carbocycles. The maximum absolute atomic E-state index is 6.96. The summed E-state index contributed by atoms with van der Waals surface area (Å²) >= 11 is 0. The molecule has 15 aromatic rings. The van der Waals surface area contributed by atoms with Crippen molar-refractivity contribution in [2.45, 2.75) is 0 Å². The number of furan rings is 2. The standard InChI is InChI=1S/C70H43NO2/c1-2-14-44(15-3-1)45-28-30-46(31-29-45)47-32-36-54(37-33-47)71(55-22-12-20-50(40-55)61-42-52-18-6-10-26-59(52)67-65-57-24-8-4-16-48(57)34-38-63(65)72-69(61)67)56-23-13-21-51(41-56)62-43-53-19-7-11-27-60(53)68-66-58-25-9-5-17-49(58)35-39-64(66)73-70(62)68/h1-43H. The fourth-order valence-electron chi connectivity index (χ4n) is 11.6. The number of hydrogen-bond donors (Lipinski definition) is 0. The summed E-state index contributed by atoms with van der Waals surface area (Å²) in [6.45, 7) is 0. The Morgan fingerprint density at radius 3 is 1.07 bits per heavy atom. The number of fused-ring (bicyclic) bond motifs is 14. The van der Waals surface area contributed by atoms with Crippen molar-refractivity contribution in [3.05, 3.63) is 261 Å². The number of hydrogen-bond acceptors (Lipinski definition) is 3. The van der Waals surface area contributed by atoms with Crippen molar-refractivity contribution in [2.24, 2.45) is 0 Å². The van der Waals surface area contributed by atoms with E-state index in [9.17, 15) is 0 Å². The third kappa shape index (κ3) is 6.67. The Morgan fingerprint density at radius 2 is 0.603 bits per heavy atom. The molecule has 3 heteroatoms. The van der Waals surface area contributed by atoms with Crippen molar-refractivity contribution in [3.8, 4) is 44.5 Å². The number of rotatable bonds is 7. The maximum atomic E-state index is 6.96. The molecule has 0 amide bonds. The molecule has 0 aliphatic heterocycles. The summed E-state index contributed by atoms with van der Waals surface area (Å²) in [4.78, 5) is 2.38. The summed E-state index contributed by atoms with van der Waals surface area (Å²) in [5.74, 6) is 0. The number of benzene rings is 13. The summed E-state index contributed by atoms with van der Waals surface area (Å²) in [5, 5.41) is 14.1. The lowest BCUT2D eigenvalue weighted by Crippen LogP contribution is -2.10. The lowest BCUT2D eigenvalue weighted by molar-refractivity contribution is 0.670. The van der Waals surface area contributed by atoms with E-state index in [1.54, 1.807) is 0 Å². The van der Waals surface area contributed by atoms with Gasteiger partial charge in [-0.1, -0.05) is 200 Å². The predicted octanol–water partition coefficient (Wildman–Crippen LogP) is 20.2. The molecule has 0 saturated heterocycles. The molecule has 0 aliphatic carbocycles. The van der Waals surface area contributed by atoms with Gasteiger partial charge in [-0.2, -0.15) is 0 Å². The summed E-state index contributed by atoms with van der Waals surface area (Å²) in [7, 11) is 0. The van der Waals surface area contributed by atoms with Gasteiger partial charge in [-0.15, -0.1) is 0 Å². The average molecular weight is 930 g/mol. The van der Waals surface area contributed by atoms with Crippen molar-refractivity contribution < 1.29 is 8.83 Å². The van der Waals surface area contributed by atoms with Crippen LogP contribution in [0.25, 0.3) is 131 Å². The summed E-state index contributed by atoms with van der Waals surface area (Å²) in [5.41, 5.74) is 15.6. The molecule has 0 fully saturated rings. The Hall–Kier alpha value is -9.70. The first-order valence-electron chi connectivity index (χ1n) is 25.0. The van der Waals surface area contributed by atoms with Crippen LogP contribution >= 0.6 is 0 Å². The summed E-state index contributed by atoms with van der Waals surface area (Å²) < 4.78 is 13.9. The zero-order valence-corrected chi connectivity index (χ0v) is 39.6. The van der Waals surface area contributed by atoms with Gasteiger partial charge >= 0.3 is 0 Å². The van der Waals surface area contributed by atoms with Crippen LogP contribution in [0, 0.1) is 0 Å². The molecule has 0 atom stereocenters. The molecule has 0 spiro atoms. The maximum Gasteiger partial charge on any atom is 0.143 e. The first-order valence-corrected chi connectivity index (χ1v) is 25.0. The Kier molecular flexibility index (Phi) is 9.26. The molecule has 0 radical (unpaired) electrons. The third-order valence-corrected chi connectivity index (χ3v) is 15.0. The highest BCUT2D eigenvalue weighted by Gasteiger charge is 2.22. The second kappa shape index (κ2) is 16.4. The fraction of sp³-hybridized carbons (Fsp3) is 0. The van der Waals surface area contributed by atoms with E-state index < -0.39 is 0 Å². The van der Waals surface area contributed by atoms with Crippen LogP contribution in [-0.2, 0) is 0 Å². The van der Waals surface area contributed by atoms with Gasteiger partial charge < -0.3 is 13.7 Å². The zero-order valence-electron chi connectivity index (χ0n) is 39.6. The van der Waals surface area contributed by atoms with E-state index in [0.717, 1.165) is 88.8 Å². The Bertz CT molecular complexity index is 4420. The van der Waals surface area contributed by atoms with Gasteiger partial charge in [-0.25, -0.2) is 0 Å². The molecule has 340 valence electrons. The molecule has 2 heterocycles. The smallest absolute Gasteiger partial charge is 0.143 e. The van der Waals surface area contributed by atoms with Gasteiger partial charge in [0, 0.05) is 49.7 Å². The van der Waals surface area contributed by atoms with E-state index >= 15 is 0 Å². The SMILES string of the molecule is c1ccc(-c2ccc(-c3ccc(N(c4cccc(-c5cc6ccccc6c6c5oc5ccc7ccccc7c56)c4)c4cccc(-c5cc6ccccc6c6c5oc5ccc7ccccc7c56)c4)cc3)cc2)cc1. The van der Waals surface area contributed by atoms with Gasteiger partial charge in [0.05, 0.1) is 0 Å². The molecule has 3 nitrogen and oxygen atoms in total. The topological polar surface area (TPSA) is 29.5 Å². The summed E-state index contributed by atoms with van der Waals surface area (Å²) in [6.07, 6.45) is 0. The second-order valence-corrected chi connectivity index (χ2v) is 19.1. The van der Waals surface area contributed by atoms with Crippen LogP contribution in [0.5, 0.6) is 0 Å². The average Bonchev–Trinajstić information content (AvgIpc) is 4.07. The second-order valence-electron chi connectivity index (χ2n) is 19.1. The van der Waals surface area contributed by atoms with Gasteiger partial charge in [-0.05, 0) is 137 Å². The molecular formula is C70H43NO2. The molecular weight excluding hydrogens is 887 g/mol. The van der Waals surface area contributed by atoms with Gasteiger partial charge in [0.25, 0.3) is 0 Å². The van der Waals surface area contributed by atoms with Crippen LogP contribution in [0.2, 0.25) is 0 Å². The van der Waals surface area contributed by atoms with Crippen LogP contribution in [0.3, 0.4) is 0 Å². The lowest BCUT2D eigenvalue weighted by atomic mass is 9.94. The van der Waals surface area contributed by atoms with E-state index in [4.69, 9.17) is 8.83 Å². The largest absolute Gasteiger partial charge is 0.455 e. The molecule has 2 aromatic heterocycles. The van der Waals surface area contributed by atoms with Crippen LogP contribution in [-0.4, -0.2) is 0 Å². The van der Waals surface area contributed by atoms with Crippen molar-refractivity contribution >= 4 is 104 Å². The van der Waals surface area contributed by atoms with Crippen LogP contribution in [0.1, 0.15) is 0 Å². The van der Waals surface area contributed by atoms with Crippen molar-refractivity contribution in [2.75, 3.05) is 4.90 Å². The highest BCUT2D eigenvalue weighted by Crippen LogP contribution is 2.47. The molecule has 73 heavy (non-hydrogen) atoms. The number of nitrogens with zero attached hydrogens (tertiary/aromatic N) is 1. The van der Waals surface area contributed by atoms with Gasteiger partial charge in [0.15, 0.2) is 0 Å². The summed E-state index contributed by atoms with van der Waals surface area (Å²) in [6, 6.07) is 94.0. The first kappa shape index (κ1) is 41.1. The van der Waals surface area contributed by atoms with Crippen LogP contribution < -0.4 is 4.90 Å². The molecule has 15 rings (SSSR count). The van der Waals surface area contributed by atoms with Gasteiger partial charge in [0.2, 0.25) is 0 Å². The highest BCUT2D eigenvalue weighted by molar-refractivity contribution is 6.30. The van der Waals surface area contributed by atoms with Crippen LogP contribution in [0.15, 0.2) is 270 Å². The Morgan fingerprint density at radius 1 is 0.233 bits per heavy atom. The minimum absolute atomic E-state index is 0.885. The van der Waals surface area contributed by atoms with E-state index in [0.29, 0.717) is 0 Å². The fourth-order valence-corrected chi connectivity index (χ4v) is 11.6. The lowest BCUT2D eigenvalue weighted by Gasteiger charge is -2.27. The first-order chi connectivity index (χ1) is 36.2. The van der Waals surface area contributed by atoms with Crippen molar-refractivity contribution in [1.82, 2.24) is 0 Å². The number of anilines is 3. The minimum Gasteiger partial charge on any atom is -0.455 e. The molecule has 0 unspecified atom stereocenters. The zero-order chi connectivity index (χ0) is 48.0. The van der Waals surface area contributed by atoms with Gasteiger partial charge in [-0.3, -0.25) is 0 Å². The molecule has 0 aliphatic rings.